The van der Waals surface area contributed by atoms with Gasteiger partial charge in [0.05, 0.1) is 12.7 Å². The lowest BCUT2D eigenvalue weighted by atomic mass is 9.98. The Morgan fingerprint density at radius 2 is 1.95 bits per heavy atom. The van der Waals surface area contributed by atoms with Gasteiger partial charge in [-0.1, -0.05) is 23.7 Å². The van der Waals surface area contributed by atoms with Crippen LogP contribution in [-0.2, 0) is 0 Å². The Morgan fingerprint density at radius 3 is 2.67 bits per heavy atom. The Balaban J connectivity index is 1.96. The van der Waals surface area contributed by atoms with Gasteiger partial charge >= 0.3 is 0 Å². The fraction of sp³-hybridized carbons (Fsp3) is 0.118. The molecular formula is C17H13ClO3. The predicted octanol–water partition coefficient (Wildman–Crippen LogP) is 4.01. The zero-order valence-corrected chi connectivity index (χ0v) is 12.2. The molecule has 0 bridgehead atoms. The van der Waals surface area contributed by atoms with Gasteiger partial charge < -0.3 is 9.47 Å². The van der Waals surface area contributed by atoms with Gasteiger partial charge in [0.15, 0.2) is 5.78 Å². The molecule has 21 heavy (non-hydrogen) atoms. The van der Waals surface area contributed by atoms with Gasteiger partial charge in [0, 0.05) is 10.6 Å². The van der Waals surface area contributed by atoms with E-state index in [2.05, 4.69) is 0 Å². The van der Waals surface area contributed by atoms with Crippen molar-refractivity contribution < 1.29 is 14.3 Å². The number of fused-ring (bicyclic) bond motifs is 1. The zero-order valence-electron chi connectivity index (χ0n) is 11.4. The predicted molar refractivity (Wildman–Crippen MR) is 82.2 cm³/mol. The summed E-state index contributed by atoms with van der Waals surface area (Å²) in [5.41, 5.74) is 2.05. The van der Waals surface area contributed by atoms with Crippen molar-refractivity contribution >= 4 is 23.5 Å². The lowest BCUT2D eigenvalue weighted by Crippen LogP contribution is -2.19. The van der Waals surface area contributed by atoms with Crippen molar-refractivity contribution in [1.29, 1.82) is 0 Å². The summed E-state index contributed by atoms with van der Waals surface area (Å²) in [6.45, 7) is 0.265. The van der Waals surface area contributed by atoms with E-state index in [1.54, 1.807) is 37.4 Å². The second-order valence-electron chi connectivity index (χ2n) is 4.70. The fourth-order valence-corrected chi connectivity index (χ4v) is 2.33. The number of methoxy groups -OCH3 is 1. The van der Waals surface area contributed by atoms with E-state index in [4.69, 9.17) is 21.1 Å². The van der Waals surface area contributed by atoms with E-state index in [0.717, 1.165) is 5.56 Å². The topological polar surface area (TPSA) is 35.5 Å². The number of halogens is 1. The van der Waals surface area contributed by atoms with Crippen molar-refractivity contribution in [3.05, 3.63) is 64.2 Å². The van der Waals surface area contributed by atoms with Gasteiger partial charge in [-0.05, 0) is 42.0 Å². The van der Waals surface area contributed by atoms with Crippen molar-refractivity contribution in [2.24, 2.45) is 0 Å². The van der Waals surface area contributed by atoms with E-state index in [0.29, 0.717) is 27.7 Å². The number of rotatable bonds is 2. The second-order valence-corrected chi connectivity index (χ2v) is 5.14. The van der Waals surface area contributed by atoms with Crippen LogP contribution in [-0.4, -0.2) is 19.5 Å². The van der Waals surface area contributed by atoms with Crippen LogP contribution < -0.4 is 9.47 Å². The summed E-state index contributed by atoms with van der Waals surface area (Å²) in [4.78, 5) is 12.5. The average molecular weight is 301 g/mol. The maximum absolute atomic E-state index is 12.5. The largest absolute Gasteiger partial charge is 0.497 e. The lowest BCUT2D eigenvalue weighted by molar-refractivity contribution is 0.100. The number of hydrogen-bond acceptors (Lipinski definition) is 3. The van der Waals surface area contributed by atoms with E-state index in [9.17, 15) is 4.79 Å². The number of carbonyl (C=O) groups is 1. The summed E-state index contributed by atoms with van der Waals surface area (Å²) in [6.07, 6.45) is 1.82. The molecule has 4 heteroatoms. The highest BCUT2D eigenvalue weighted by molar-refractivity contribution is 6.30. The van der Waals surface area contributed by atoms with Crippen molar-refractivity contribution in [2.45, 2.75) is 0 Å². The summed E-state index contributed by atoms with van der Waals surface area (Å²) in [6, 6.07) is 12.5. The average Bonchev–Trinajstić information content (AvgIpc) is 2.52. The molecule has 2 aromatic carbocycles. The molecule has 0 radical (unpaired) electrons. The van der Waals surface area contributed by atoms with Crippen LogP contribution in [0.5, 0.6) is 11.5 Å². The zero-order chi connectivity index (χ0) is 14.8. The maximum atomic E-state index is 12.5. The van der Waals surface area contributed by atoms with E-state index in [-0.39, 0.29) is 12.4 Å². The highest BCUT2D eigenvalue weighted by Crippen LogP contribution is 2.31. The first-order valence-electron chi connectivity index (χ1n) is 6.49. The first-order valence-corrected chi connectivity index (χ1v) is 6.87. The Hall–Kier alpha value is -2.26. The number of hydrogen-bond donors (Lipinski definition) is 0. The lowest BCUT2D eigenvalue weighted by Gasteiger charge is -2.19. The normalized spacial score (nSPS) is 15.5. The van der Waals surface area contributed by atoms with Crippen LogP contribution in [0.1, 0.15) is 15.9 Å². The van der Waals surface area contributed by atoms with E-state index >= 15 is 0 Å². The molecule has 1 aliphatic heterocycles. The molecule has 0 fully saturated rings. The quantitative estimate of drug-likeness (QED) is 0.786. The van der Waals surface area contributed by atoms with Gasteiger partial charge in [0.2, 0.25) is 0 Å². The summed E-state index contributed by atoms with van der Waals surface area (Å²) in [7, 11) is 1.57. The number of ether oxygens (including phenoxy) is 2. The molecule has 2 aromatic rings. The highest BCUT2D eigenvalue weighted by atomic mass is 35.5. The van der Waals surface area contributed by atoms with Gasteiger partial charge in [0.25, 0.3) is 0 Å². The van der Waals surface area contributed by atoms with Crippen LogP contribution >= 0.6 is 11.6 Å². The molecule has 0 saturated heterocycles. The maximum Gasteiger partial charge on any atom is 0.196 e. The van der Waals surface area contributed by atoms with Gasteiger partial charge in [-0.2, -0.15) is 0 Å². The Kier molecular flexibility index (Phi) is 3.67. The summed E-state index contributed by atoms with van der Waals surface area (Å²) >= 11 is 5.86. The molecule has 0 atom stereocenters. The molecule has 0 amide bonds. The minimum absolute atomic E-state index is 0.0369. The Morgan fingerprint density at radius 1 is 1.19 bits per heavy atom. The highest BCUT2D eigenvalue weighted by Gasteiger charge is 2.23. The third-order valence-corrected chi connectivity index (χ3v) is 3.57. The van der Waals surface area contributed by atoms with Crippen molar-refractivity contribution in [2.75, 3.05) is 13.7 Å². The molecule has 0 aliphatic carbocycles. The third kappa shape index (κ3) is 2.78. The number of Topliss-reactive ketones (excluding diaryl/α,β-unsaturated/α-hetero) is 1. The fourth-order valence-electron chi connectivity index (χ4n) is 2.20. The summed E-state index contributed by atoms with van der Waals surface area (Å²) in [5, 5.41) is 0.665. The van der Waals surface area contributed by atoms with Crippen LogP contribution in [0.4, 0.5) is 0 Å². The van der Waals surface area contributed by atoms with Gasteiger partial charge in [-0.25, -0.2) is 0 Å². The van der Waals surface area contributed by atoms with E-state index < -0.39 is 0 Å². The molecule has 1 heterocycles. The molecule has 0 saturated carbocycles. The molecule has 1 aliphatic rings. The molecule has 0 spiro atoms. The van der Waals surface area contributed by atoms with Crippen molar-refractivity contribution in [3.63, 3.8) is 0 Å². The van der Waals surface area contributed by atoms with Gasteiger partial charge in [-0.3, -0.25) is 4.79 Å². The van der Waals surface area contributed by atoms with Crippen molar-refractivity contribution in [1.82, 2.24) is 0 Å². The SMILES string of the molecule is COc1ccc2c(c1)C(=O)/C(=C\c1ccc(Cl)cc1)CO2. The second kappa shape index (κ2) is 5.62. The van der Waals surface area contributed by atoms with Crippen LogP contribution in [0.25, 0.3) is 6.08 Å². The molecule has 0 unspecified atom stereocenters. The Labute approximate surface area is 127 Å². The number of carbonyl (C=O) groups excluding carboxylic acids is 1. The monoisotopic (exact) mass is 300 g/mol. The minimum Gasteiger partial charge on any atom is -0.497 e. The van der Waals surface area contributed by atoms with Gasteiger partial charge in [-0.15, -0.1) is 0 Å². The first kappa shape index (κ1) is 13.7. The van der Waals surface area contributed by atoms with Crippen LogP contribution in [0.3, 0.4) is 0 Å². The standard InChI is InChI=1S/C17H13ClO3/c1-20-14-6-7-16-15(9-14)17(19)12(10-21-16)8-11-2-4-13(18)5-3-11/h2-9H,10H2,1H3/b12-8-. The first-order chi connectivity index (χ1) is 10.2. The summed E-state index contributed by atoms with van der Waals surface area (Å²) < 4.78 is 10.8. The molecule has 0 N–H and O–H groups in total. The number of ketones is 1. The van der Waals surface area contributed by atoms with Crippen LogP contribution in [0.15, 0.2) is 48.0 Å². The number of benzene rings is 2. The molecular weight excluding hydrogens is 288 g/mol. The summed E-state index contributed by atoms with van der Waals surface area (Å²) in [5.74, 6) is 1.19. The van der Waals surface area contributed by atoms with Crippen molar-refractivity contribution in [3.8, 4) is 11.5 Å². The smallest absolute Gasteiger partial charge is 0.196 e. The minimum atomic E-state index is -0.0369. The van der Waals surface area contributed by atoms with E-state index in [1.807, 2.05) is 18.2 Å². The van der Waals surface area contributed by atoms with Gasteiger partial charge in [0.1, 0.15) is 18.1 Å². The third-order valence-electron chi connectivity index (χ3n) is 3.32. The Bertz CT molecular complexity index is 717. The molecule has 106 valence electrons. The van der Waals surface area contributed by atoms with Crippen LogP contribution in [0.2, 0.25) is 5.02 Å². The molecule has 0 aromatic heterocycles. The molecule has 3 nitrogen and oxygen atoms in total. The molecule has 3 rings (SSSR count). The van der Waals surface area contributed by atoms with Crippen LogP contribution in [0, 0.1) is 0 Å². The van der Waals surface area contributed by atoms with E-state index in [1.165, 1.54) is 0 Å².